The van der Waals surface area contributed by atoms with Crippen LogP contribution in [0.3, 0.4) is 0 Å². The van der Waals surface area contributed by atoms with Crippen molar-refractivity contribution in [1.29, 1.82) is 0 Å². The molecule has 2 aromatic rings. The van der Waals surface area contributed by atoms with Gasteiger partial charge in [-0.25, -0.2) is 4.98 Å². The summed E-state index contributed by atoms with van der Waals surface area (Å²) in [6.45, 7) is 8.24. The van der Waals surface area contributed by atoms with Crippen molar-refractivity contribution in [3.63, 3.8) is 0 Å². The van der Waals surface area contributed by atoms with Gasteiger partial charge in [-0.3, -0.25) is 0 Å². The van der Waals surface area contributed by atoms with E-state index in [0.29, 0.717) is 6.04 Å². The fourth-order valence-corrected chi connectivity index (χ4v) is 2.83. The van der Waals surface area contributed by atoms with Crippen LogP contribution in [0.5, 0.6) is 0 Å². The number of thiazole rings is 1. The fraction of sp³-hybridized carbons (Fsp3) is 0.438. The van der Waals surface area contributed by atoms with Crippen molar-refractivity contribution in [2.45, 2.75) is 39.9 Å². The first-order valence-corrected chi connectivity index (χ1v) is 7.81. The van der Waals surface area contributed by atoms with Gasteiger partial charge in [0, 0.05) is 37.3 Å². The topological polar surface area (TPSA) is 28.2 Å². The molecule has 0 amide bonds. The quantitative estimate of drug-likeness (QED) is 0.881. The van der Waals surface area contributed by atoms with Crippen molar-refractivity contribution in [1.82, 2.24) is 10.3 Å². The summed E-state index contributed by atoms with van der Waals surface area (Å²) in [5, 5.41) is 4.50. The van der Waals surface area contributed by atoms with Crippen molar-refractivity contribution in [3.05, 3.63) is 46.5 Å². The van der Waals surface area contributed by atoms with E-state index < -0.39 is 0 Å². The zero-order valence-electron chi connectivity index (χ0n) is 12.7. The van der Waals surface area contributed by atoms with Crippen LogP contribution in [0.15, 0.2) is 30.5 Å². The second-order valence-corrected chi connectivity index (χ2v) is 6.58. The molecule has 4 heteroatoms. The summed E-state index contributed by atoms with van der Waals surface area (Å²) >= 11 is 1.76. The van der Waals surface area contributed by atoms with Crippen LogP contribution in [-0.2, 0) is 13.1 Å². The Balaban J connectivity index is 1.97. The molecule has 2 rings (SSSR count). The molecule has 0 aliphatic rings. The summed E-state index contributed by atoms with van der Waals surface area (Å²) in [6.07, 6.45) is 1.97. The number of rotatable bonds is 6. The fourth-order valence-electron chi connectivity index (χ4n) is 2.01. The van der Waals surface area contributed by atoms with E-state index in [9.17, 15) is 0 Å². The highest BCUT2D eigenvalue weighted by molar-refractivity contribution is 7.15. The summed E-state index contributed by atoms with van der Waals surface area (Å²) in [5.74, 6) is 0. The van der Waals surface area contributed by atoms with Crippen molar-refractivity contribution in [2.75, 3.05) is 11.9 Å². The normalized spacial score (nSPS) is 11.1. The van der Waals surface area contributed by atoms with E-state index >= 15 is 0 Å². The Bertz CT molecular complexity index is 548. The maximum absolute atomic E-state index is 4.52. The summed E-state index contributed by atoms with van der Waals surface area (Å²) < 4.78 is 0. The number of nitrogens with one attached hydrogen (secondary N) is 1. The van der Waals surface area contributed by atoms with Crippen molar-refractivity contribution in [2.24, 2.45) is 0 Å². The minimum atomic E-state index is 0.505. The van der Waals surface area contributed by atoms with Crippen LogP contribution in [0, 0.1) is 6.92 Å². The Morgan fingerprint density at radius 1 is 1.35 bits per heavy atom. The van der Waals surface area contributed by atoms with Gasteiger partial charge in [-0.05, 0) is 12.5 Å². The van der Waals surface area contributed by atoms with E-state index in [-0.39, 0.29) is 0 Å². The van der Waals surface area contributed by atoms with Gasteiger partial charge < -0.3 is 10.2 Å². The first-order valence-electron chi connectivity index (χ1n) is 6.99. The monoisotopic (exact) mass is 289 g/mol. The Hall–Kier alpha value is -1.39. The lowest BCUT2D eigenvalue weighted by atomic mass is 10.1. The molecule has 0 unspecified atom stereocenters. The Labute approximate surface area is 125 Å². The molecule has 3 nitrogen and oxygen atoms in total. The summed E-state index contributed by atoms with van der Waals surface area (Å²) in [6, 6.07) is 9.13. The van der Waals surface area contributed by atoms with Crippen molar-refractivity contribution >= 4 is 16.5 Å². The van der Waals surface area contributed by atoms with Crippen LogP contribution in [0.2, 0.25) is 0 Å². The molecule has 0 bridgehead atoms. The zero-order chi connectivity index (χ0) is 14.5. The highest BCUT2D eigenvalue weighted by Gasteiger charge is 2.08. The lowest BCUT2D eigenvalue weighted by molar-refractivity contribution is 0.593. The summed E-state index contributed by atoms with van der Waals surface area (Å²) in [4.78, 5) is 8.01. The van der Waals surface area contributed by atoms with Gasteiger partial charge >= 0.3 is 0 Å². The number of benzene rings is 1. The molecule has 0 saturated heterocycles. The second-order valence-electron chi connectivity index (χ2n) is 5.49. The van der Waals surface area contributed by atoms with Gasteiger partial charge in [-0.1, -0.05) is 43.7 Å². The number of aromatic nitrogens is 1. The summed E-state index contributed by atoms with van der Waals surface area (Å²) in [5.41, 5.74) is 2.63. The third-order valence-corrected chi connectivity index (χ3v) is 4.17. The average molecular weight is 289 g/mol. The maximum Gasteiger partial charge on any atom is 0.185 e. The van der Waals surface area contributed by atoms with Crippen molar-refractivity contribution in [3.8, 4) is 0 Å². The van der Waals surface area contributed by atoms with Gasteiger partial charge in [0.05, 0.1) is 0 Å². The molecule has 0 aliphatic carbocycles. The maximum atomic E-state index is 4.52. The molecule has 0 spiro atoms. The highest BCUT2D eigenvalue weighted by Crippen LogP contribution is 2.23. The van der Waals surface area contributed by atoms with Gasteiger partial charge in [0.1, 0.15) is 0 Å². The molecule has 1 N–H and O–H groups in total. The molecule has 0 saturated carbocycles. The molecule has 0 radical (unpaired) electrons. The standard InChI is InChI=1S/C16H23N3S/c1-12(2)17-9-15-10-18-16(20-15)19(4)11-14-7-5-6-13(3)8-14/h5-8,10,12,17H,9,11H2,1-4H3. The van der Waals surface area contributed by atoms with Gasteiger partial charge in [0.25, 0.3) is 0 Å². The van der Waals surface area contributed by atoms with E-state index in [1.54, 1.807) is 11.3 Å². The van der Waals surface area contributed by atoms with E-state index in [2.05, 4.69) is 67.3 Å². The molecular weight excluding hydrogens is 266 g/mol. The van der Waals surface area contributed by atoms with Crippen LogP contribution in [-0.4, -0.2) is 18.1 Å². The number of nitrogens with zero attached hydrogens (tertiary/aromatic N) is 2. The van der Waals surface area contributed by atoms with Gasteiger partial charge in [-0.15, -0.1) is 11.3 Å². The van der Waals surface area contributed by atoms with Crippen LogP contribution < -0.4 is 10.2 Å². The zero-order valence-corrected chi connectivity index (χ0v) is 13.5. The third-order valence-electron chi connectivity index (χ3n) is 3.05. The Morgan fingerprint density at radius 3 is 2.85 bits per heavy atom. The van der Waals surface area contributed by atoms with E-state index in [0.717, 1.165) is 18.2 Å². The second kappa shape index (κ2) is 6.86. The van der Waals surface area contributed by atoms with Gasteiger partial charge in [0.2, 0.25) is 0 Å². The minimum Gasteiger partial charge on any atom is -0.347 e. The van der Waals surface area contributed by atoms with E-state index in [1.165, 1.54) is 16.0 Å². The smallest absolute Gasteiger partial charge is 0.185 e. The molecule has 1 aromatic carbocycles. The molecule has 20 heavy (non-hydrogen) atoms. The molecule has 0 aliphatic heterocycles. The predicted octanol–water partition coefficient (Wildman–Crippen LogP) is 3.59. The molecule has 1 aromatic heterocycles. The number of aryl methyl sites for hydroxylation is 1. The highest BCUT2D eigenvalue weighted by atomic mass is 32.1. The van der Waals surface area contributed by atoms with Crippen LogP contribution in [0.1, 0.15) is 29.9 Å². The predicted molar refractivity (Wildman–Crippen MR) is 87.4 cm³/mol. The minimum absolute atomic E-state index is 0.505. The van der Waals surface area contributed by atoms with E-state index in [4.69, 9.17) is 0 Å². The molecule has 0 atom stereocenters. The van der Waals surface area contributed by atoms with Gasteiger partial charge in [0.15, 0.2) is 5.13 Å². The summed E-state index contributed by atoms with van der Waals surface area (Å²) in [7, 11) is 2.10. The number of hydrogen-bond acceptors (Lipinski definition) is 4. The van der Waals surface area contributed by atoms with Crippen LogP contribution >= 0.6 is 11.3 Å². The van der Waals surface area contributed by atoms with E-state index in [1.807, 2.05) is 6.20 Å². The molecule has 108 valence electrons. The lowest BCUT2D eigenvalue weighted by Crippen LogP contribution is -2.21. The van der Waals surface area contributed by atoms with Crippen LogP contribution in [0.25, 0.3) is 0 Å². The number of hydrogen-bond donors (Lipinski definition) is 1. The Kier molecular flexibility index (Phi) is 5.15. The average Bonchev–Trinajstić information content (AvgIpc) is 2.85. The van der Waals surface area contributed by atoms with Gasteiger partial charge in [-0.2, -0.15) is 0 Å². The molecule has 0 fully saturated rings. The molecule has 1 heterocycles. The lowest BCUT2D eigenvalue weighted by Gasteiger charge is -2.16. The first kappa shape index (κ1) is 15.0. The van der Waals surface area contributed by atoms with Crippen molar-refractivity contribution < 1.29 is 0 Å². The van der Waals surface area contributed by atoms with Crippen LogP contribution in [0.4, 0.5) is 5.13 Å². The largest absolute Gasteiger partial charge is 0.347 e. The number of anilines is 1. The molecular formula is C16H23N3S. The Morgan fingerprint density at radius 2 is 2.15 bits per heavy atom. The SMILES string of the molecule is Cc1cccc(CN(C)c2ncc(CNC(C)C)s2)c1. The first-order chi connectivity index (χ1) is 9.54. The third kappa shape index (κ3) is 4.32.